The maximum Gasteiger partial charge on any atom is 0.123 e. The van der Waals surface area contributed by atoms with E-state index in [0.29, 0.717) is 0 Å². The largest absolute Gasteiger partial charge is 0.278 e. The third kappa shape index (κ3) is 1.45. The van der Waals surface area contributed by atoms with Crippen molar-refractivity contribution >= 4 is 0 Å². The van der Waals surface area contributed by atoms with Gasteiger partial charge in [-0.3, -0.25) is 5.10 Å². The zero-order valence-electron chi connectivity index (χ0n) is 7.21. The molecule has 0 fully saturated rings. The first kappa shape index (κ1) is 7.98. The molecule has 0 bridgehead atoms. The molecule has 0 aliphatic rings. The van der Waals surface area contributed by atoms with Crippen LogP contribution in [0, 0.1) is 12.7 Å². The van der Waals surface area contributed by atoms with Crippen LogP contribution < -0.4 is 0 Å². The van der Waals surface area contributed by atoms with E-state index in [9.17, 15) is 4.39 Å². The van der Waals surface area contributed by atoms with Crippen molar-refractivity contribution in [3.8, 4) is 11.3 Å². The summed E-state index contributed by atoms with van der Waals surface area (Å²) in [6.45, 7) is 1.96. The molecule has 0 saturated carbocycles. The Labute approximate surface area is 75.4 Å². The summed E-state index contributed by atoms with van der Waals surface area (Å²) in [6.07, 6.45) is 1.75. The van der Waals surface area contributed by atoms with Gasteiger partial charge >= 0.3 is 0 Å². The highest BCUT2D eigenvalue weighted by Crippen LogP contribution is 2.19. The molecular weight excluding hydrogens is 167 g/mol. The van der Waals surface area contributed by atoms with Gasteiger partial charge in [-0.05, 0) is 42.3 Å². The lowest BCUT2D eigenvalue weighted by molar-refractivity contribution is 0.628. The maximum atomic E-state index is 12.6. The molecule has 0 spiro atoms. The molecular formula is C10H9FN2. The van der Waals surface area contributed by atoms with E-state index in [-0.39, 0.29) is 5.82 Å². The number of benzene rings is 1. The summed E-state index contributed by atoms with van der Waals surface area (Å²) in [5.74, 6) is -0.221. The minimum atomic E-state index is -0.221. The summed E-state index contributed by atoms with van der Waals surface area (Å²) in [5, 5.41) is 6.77. The third-order valence-electron chi connectivity index (χ3n) is 1.96. The zero-order chi connectivity index (χ0) is 9.26. The lowest BCUT2D eigenvalue weighted by Crippen LogP contribution is -1.81. The highest BCUT2D eigenvalue weighted by atomic mass is 19.1. The van der Waals surface area contributed by atoms with Crippen molar-refractivity contribution in [3.05, 3.63) is 41.8 Å². The second-order valence-corrected chi connectivity index (χ2v) is 2.93. The first-order valence-corrected chi connectivity index (χ1v) is 4.03. The van der Waals surface area contributed by atoms with Crippen molar-refractivity contribution in [1.82, 2.24) is 10.2 Å². The van der Waals surface area contributed by atoms with Crippen LogP contribution in [0.4, 0.5) is 4.39 Å². The van der Waals surface area contributed by atoms with Crippen molar-refractivity contribution in [3.63, 3.8) is 0 Å². The molecule has 2 aromatic rings. The number of aryl methyl sites for hydroxylation is 1. The average Bonchev–Trinajstić information content (AvgIpc) is 2.53. The molecule has 2 nitrogen and oxygen atoms in total. The van der Waals surface area contributed by atoms with Gasteiger partial charge in [-0.15, -0.1) is 0 Å². The van der Waals surface area contributed by atoms with Gasteiger partial charge in [-0.1, -0.05) is 0 Å². The van der Waals surface area contributed by atoms with Crippen molar-refractivity contribution < 1.29 is 4.39 Å². The van der Waals surface area contributed by atoms with E-state index in [2.05, 4.69) is 10.2 Å². The Hall–Kier alpha value is -1.64. The average molecular weight is 176 g/mol. The normalized spacial score (nSPS) is 10.3. The van der Waals surface area contributed by atoms with Gasteiger partial charge in [0.2, 0.25) is 0 Å². The van der Waals surface area contributed by atoms with Gasteiger partial charge in [-0.25, -0.2) is 4.39 Å². The van der Waals surface area contributed by atoms with E-state index in [4.69, 9.17) is 0 Å². The monoisotopic (exact) mass is 176 g/mol. The Balaban J connectivity index is 2.47. The molecule has 1 heterocycles. The fourth-order valence-electron chi connectivity index (χ4n) is 1.26. The summed E-state index contributed by atoms with van der Waals surface area (Å²) in [7, 11) is 0. The fraction of sp³-hybridized carbons (Fsp3) is 0.100. The number of aromatic nitrogens is 2. The van der Waals surface area contributed by atoms with Crippen LogP contribution in [-0.4, -0.2) is 10.2 Å². The van der Waals surface area contributed by atoms with Crippen LogP contribution in [0.3, 0.4) is 0 Å². The minimum Gasteiger partial charge on any atom is -0.278 e. The molecule has 0 atom stereocenters. The molecule has 3 heteroatoms. The number of rotatable bonds is 1. The van der Waals surface area contributed by atoms with Gasteiger partial charge in [0.25, 0.3) is 0 Å². The number of aromatic amines is 1. The summed E-state index contributed by atoms with van der Waals surface area (Å²) >= 11 is 0. The SMILES string of the molecule is Cc1cn[nH]c1-c1ccc(F)cc1. The molecule has 2 rings (SSSR count). The van der Waals surface area contributed by atoms with Crippen LogP contribution in [0.15, 0.2) is 30.5 Å². The highest BCUT2D eigenvalue weighted by Gasteiger charge is 2.02. The van der Waals surface area contributed by atoms with Crippen LogP contribution in [0.25, 0.3) is 11.3 Å². The molecule has 0 saturated heterocycles. The van der Waals surface area contributed by atoms with Crippen LogP contribution in [-0.2, 0) is 0 Å². The van der Waals surface area contributed by atoms with Crippen molar-refractivity contribution in [2.75, 3.05) is 0 Å². The lowest BCUT2D eigenvalue weighted by Gasteiger charge is -1.98. The Bertz CT molecular complexity index is 403. The molecule has 1 N–H and O–H groups in total. The smallest absolute Gasteiger partial charge is 0.123 e. The van der Waals surface area contributed by atoms with Crippen LogP contribution in [0.1, 0.15) is 5.56 Å². The zero-order valence-corrected chi connectivity index (χ0v) is 7.21. The van der Waals surface area contributed by atoms with Crippen molar-refractivity contribution in [1.29, 1.82) is 0 Å². The Morgan fingerprint density at radius 3 is 2.46 bits per heavy atom. The first-order chi connectivity index (χ1) is 6.27. The number of hydrogen-bond donors (Lipinski definition) is 1. The number of H-pyrrole nitrogens is 1. The number of hydrogen-bond acceptors (Lipinski definition) is 1. The second kappa shape index (κ2) is 3.01. The number of nitrogens with zero attached hydrogens (tertiary/aromatic N) is 1. The molecule has 66 valence electrons. The Morgan fingerprint density at radius 2 is 1.92 bits per heavy atom. The topological polar surface area (TPSA) is 28.7 Å². The van der Waals surface area contributed by atoms with E-state index in [1.54, 1.807) is 18.3 Å². The Morgan fingerprint density at radius 1 is 1.23 bits per heavy atom. The molecule has 13 heavy (non-hydrogen) atoms. The summed E-state index contributed by atoms with van der Waals surface area (Å²) < 4.78 is 12.6. The van der Waals surface area contributed by atoms with Crippen LogP contribution in [0.2, 0.25) is 0 Å². The molecule has 0 amide bonds. The predicted octanol–water partition coefficient (Wildman–Crippen LogP) is 2.52. The summed E-state index contributed by atoms with van der Waals surface area (Å²) in [5.41, 5.74) is 2.96. The molecule has 0 aliphatic carbocycles. The van der Waals surface area contributed by atoms with Crippen molar-refractivity contribution in [2.24, 2.45) is 0 Å². The Kier molecular flexibility index (Phi) is 1.85. The van der Waals surface area contributed by atoms with Gasteiger partial charge in [0, 0.05) is 0 Å². The van der Waals surface area contributed by atoms with Crippen LogP contribution >= 0.6 is 0 Å². The van der Waals surface area contributed by atoms with E-state index < -0.39 is 0 Å². The number of nitrogens with one attached hydrogen (secondary N) is 1. The number of halogens is 1. The predicted molar refractivity (Wildman–Crippen MR) is 48.7 cm³/mol. The maximum absolute atomic E-state index is 12.6. The van der Waals surface area contributed by atoms with Gasteiger partial charge in [-0.2, -0.15) is 5.10 Å². The summed E-state index contributed by atoms with van der Waals surface area (Å²) in [4.78, 5) is 0. The molecule has 0 aliphatic heterocycles. The van der Waals surface area contributed by atoms with E-state index in [0.717, 1.165) is 16.8 Å². The van der Waals surface area contributed by atoms with Crippen molar-refractivity contribution in [2.45, 2.75) is 6.92 Å². The lowest BCUT2D eigenvalue weighted by atomic mass is 10.1. The molecule has 1 aromatic heterocycles. The molecule has 0 radical (unpaired) electrons. The van der Waals surface area contributed by atoms with Gasteiger partial charge in [0.1, 0.15) is 5.82 Å². The van der Waals surface area contributed by atoms with Gasteiger partial charge < -0.3 is 0 Å². The van der Waals surface area contributed by atoms with Gasteiger partial charge in [0.05, 0.1) is 11.9 Å². The fourth-order valence-corrected chi connectivity index (χ4v) is 1.26. The minimum absolute atomic E-state index is 0.221. The molecule has 0 unspecified atom stereocenters. The molecule has 1 aromatic carbocycles. The second-order valence-electron chi connectivity index (χ2n) is 2.93. The standard InChI is InChI=1S/C10H9FN2/c1-7-6-12-13-10(7)8-2-4-9(11)5-3-8/h2-6H,1H3,(H,12,13). The van der Waals surface area contributed by atoms with E-state index in [1.165, 1.54) is 12.1 Å². The quantitative estimate of drug-likeness (QED) is 0.710. The highest BCUT2D eigenvalue weighted by molar-refractivity contribution is 5.61. The van der Waals surface area contributed by atoms with Gasteiger partial charge in [0.15, 0.2) is 0 Å². The third-order valence-corrected chi connectivity index (χ3v) is 1.96. The first-order valence-electron chi connectivity index (χ1n) is 4.03. The summed E-state index contributed by atoms with van der Waals surface area (Å²) in [6, 6.07) is 6.34. The van der Waals surface area contributed by atoms with E-state index >= 15 is 0 Å². The van der Waals surface area contributed by atoms with E-state index in [1.807, 2.05) is 6.92 Å². The van der Waals surface area contributed by atoms with Crippen LogP contribution in [0.5, 0.6) is 0 Å².